The molecule has 180 valence electrons. The Balaban J connectivity index is 1.86. The SMILES string of the molecule is COCCCOc1cc2c(cc1-c1cn[nH]c1)-c1cc(=O)c(C(=O)O)cn1C[C@@H]2CON(C)C. The predicted molar refractivity (Wildman–Crippen MR) is 125 cm³/mol. The number of hydroxylamine groups is 2. The van der Waals surface area contributed by atoms with Gasteiger partial charge in [-0.05, 0) is 17.7 Å². The summed E-state index contributed by atoms with van der Waals surface area (Å²) in [6, 6.07) is 5.36. The van der Waals surface area contributed by atoms with Crippen molar-refractivity contribution in [1.29, 1.82) is 0 Å². The zero-order valence-electron chi connectivity index (χ0n) is 19.4. The second-order valence-corrected chi connectivity index (χ2v) is 8.32. The molecule has 0 aliphatic carbocycles. The van der Waals surface area contributed by atoms with E-state index < -0.39 is 11.4 Å². The highest BCUT2D eigenvalue weighted by atomic mass is 16.7. The fraction of sp³-hybridized carbons (Fsp3) is 0.375. The largest absolute Gasteiger partial charge is 0.493 e. The van der Waals surface area contributed by atoms with Crippen LogP contribution in [0, 0.1) is 0 Å². The first-order chi connectivity index (χ1) is 16.4. The van der Waals surface area contributed by atoms with Gasteiger partial charge in [-0.3, -0.25) is 14.7 Å². The molecule has 10 nitrogen and oxygen atoms in total. The van der Waals surface area contributed by atoms with Crippen LogP contribution >= 0.6 is 0 Å². The van der Waals surface area contributed by atoms with Gasteiger partial charge in [0.05, 0.1) is 25.1 Å². The fourth-order valence-electron chi connectivity index (χ4n) is 4.12. The highest BCUT2D eigenvalue weighted by Gasteiger charge is 2.29. The molecule has 0 radical (unpaired) electrons. The standard InChI is InChI=1S/C24H28N4O6/c1-27(2)34-14-16-12-28-13-20(24(30)31)22(29)9-21(28)19-7-18(15-10-25-26-11-15)23(8-17(16)19)33-6-4-5-32-3/h7-11,13,16H,4-6,12,14H2,1-3H3,(H,25,26)(H,30,31)/t16-/m1/s1. The molecular weight excluding hydrogens is 440 g/mol. The predicted octanol–water partition coefficient (Wildman–Crippen LogP) is 2.61. The van der Waals surface area contributed by atoms with E-state index in [1.54, 1.807) is 24.6 Å². The van der Waals surface area contributed by atoms with Crippen LogP contribution in [0.15, 0.2) is 41.6 Å². The lowest BCUT2D eigenvalue weighted by Gasteiger charge is -2.31. The number of aromatic amines is 1. The van der Waals surface area contributed by atoms with Gasteiger partial charge >= 0.3 is 5.97 Å². The Hall–Kier alpha value is -3.47. The molecule has 0 saturated heterocycles. The number of aromatic nitrogens is 3. The van der Waals surface area contributed by atoms with Gasteiger partial charge in [-0.2, -0.15) is 10.2 Å². The van der Waals surface area contributed by atoms with Gasteiger partial charge < -0.3 is 19.1 Å². The van der Waals surface area contributed by atoms with Crippen LogP contribution in [0.1, 0.15) is 28.3 Å². The second kappa shape index (κ2) is 10.2. The zero-order chi connectivity index (χ0) is 24.2. The highest BCUT2D eigenvalue weighted by Crippen LogP contribution is 2.43. The Morgan fingerprint density at radius 1 is 1.26 bits per heavy atom. The van der Waals surface area contributed by atoms with E-state index in [1.165, 1.54) is 12.3 Å². The minimum atomic E-state index is -1.24. The van der Waals surface area contributed by atoms with E-state index in [0.29, 0.717) is 37.8 Å². The average Bonchev–Trinajstić information content (AvgIpc) is 3.34. The maximum atomic E-state index is 12.5. The van der Waals surface area contributed by atoms with E-state index in [-0.39, 0.29) is 11.5 Å². The van der Waals surface area contributed by atoms with E-state index >= 15 is 0 Å². The first-order valence-electron chi connectivity index (χ1n) is 11.0. The third-order valence-electron chi connectivity index (χ3n) is 5.74. The van der Waals surface area contributed by atoms with Crippen LogP contribution in [0.2, 0.25) is 0 Å². The molecule has 1 aromatic carbocycles. The topological polar surface area (TPSA) is 119 Å². The van der Waals surface area contributed by atoms with E-state index in [4.69, 9.17) is 14.3 Å². The average molecular weight is 469 g/mol. The second-order valence-electron chi connectivity index (χ2n) is 8.32. The number of rotatable bonds is 10. The van der Waals surface area contributed by atoms with Gasteiger partial charge in [0.25, 0.3) is 0 Å². The number of benzene rings is 1. The van der Waals surface area contributed by atoms with Crippen LogP contribution in [0.3, 0.4) is 0 Å². The third-order valence-corrected chi connectivity index (χ3v) is 5.74. The van der Waals surface area contributed by atoms with Gasteiger partial charge in [0.2, 0.25) is 0 Å². The minimum Gasteiger partial charge on any atom is -0.493 e. The summed E-state index contributed by atoms with van der Waals surface area (Å²) in [5.41, 5.74) is 3.32. The van der Waals surface area contributed by atoms with Crippen molar-refractivity contribution in [3.05, 3.63) is 58.1 Å². The van der Waals surface area contributed by atoms with Crippen molar-refractivity contribution in [2.75, 3.05) is 41.0 Å². The number of nitrogens with zero attached hydrogens (tertiary/aromatic N) is 3. The van der Waals surface area contributed by atoms with Crippen LogP contribution in [0.25, 0.3) is 22.4 Å². The Kier molecular flexibility index (Phi) is 7.11. The molecule has 1 atom stereocenters. The summed E-state index contributed by atoms with van der Waals surface area (Å²) in [5.74, 6) is -0.635. The highest BCUT2D eigenvalue weighted by molar-refractivity contribution is 5.88. The number of methoxy groups -OCH3 is 1. The molecule has 0 spiro atoms. The summed E-state index contributed by atoms with van der Waals surface area (Å²) in [6.45, 7) is 1.91. The summed E-state index contributed by atoms with van der Waals surface area (Å²) >= 11 is 0. The molecule has 3 aromatic rings. The molecule has 0 bridgehead atoms. The van der Waals surface area contributed by atoms with E-state index in [9.17, 15) is 14.7 Å². The van der Waals surface area contributed by atoms with Crippen molar-refractivity contribution < 1.29 is 24.2 Å². The molecule has 2 N–H and O–H groups in total. The molecule has 3 heterocycles. The molecule has 1 aliphatic heterocycles. The molecule has 0 unspecified atom stereocenters. The molecule has 4 rings (SSSR count). The lowest BCUT2D eigenvalue weighted by atomic mass is 9.86. The number of fused-ring (bicyclic) bond motifs is 3. The number of carboxylic acid groups (broad SMARTS) is 1. The Labute approximate surface area is 196 Å². The number of carboxylic acids is 1. The van der Waals surface area contributed by atoms with Gasteiger partial charge in [-0.25, -0.2) is 4.79 Å². The molecule has 2 aromatic heterocycles. The van der Waals surface area contributed by atoms with Gasteiger partial charge in [0.15, 0.2) is 5.43 Å². The van der Waals surface area contributed by atoms with Crippen LogP contribution in [-0.2, 0) is 16.1 Å². The van der Waals surface area contributed by atoms with Gasteiger partial charge in [-0.1, -0.05) is 0 Å². The first-order valence-corrected chi connectivity index (χ1v) is 11.0. The maximum absolute atomic E-state index is 12.5. The van der Waals surface area contributed by atoms with Gasteiger partial charge in [0, 0.05) is 81.8 Å². The number of carbonyl (C=O) groups is 1. The minimum absolute atomic E-state index is 0.0891. The summed E-state index contributed by atoms with van der Waals surface area (Å²) in [5, 5.41) is 18.0. The van der Waals surface area contributed by atoms with Crippen molar-refractivity contribution in [2.45, 2.75) is 18.9 Å². The van der Waals surface area contributed by atoms with Gasteiger partial charge in [-0.15, -0.1) is 0 Å². The van der Waals surface area contributed by atoms with Crippen LogP contribution in [0.5, 0.6) is 5.75 Å². The zero-order valence-corrected chi connectivity index (χ0v) is 19.4. The van der Waals surface area contributed by atoms with Crippen molar-refractivity contribution in [3.8, 4) is 28.1 Å². The monoisotopic (exact) mass is 468 g/mol. The van der Waals surface area contributed by atoms with Crippen molar-refractivity contribution in [1.82, 2.24) is 19.8 Å². The summed E-state index contributed by atoms with van der Waals surface area (Å²) in [7, 11) is 5.27. The first kappa shape index (κ1) is 23.7. The lowest BCUT2D eigenvalue weighted by molar-refractivity contribution is -0.125. The smallest absolute Gasteiger partial charge is 0.341 e. The maximum Gasteiger partial charge on any atom is 0.341 e. The molecule has 34 heavy (non-hydrogen) atoms. The Bertz CT molecular complexity index is 1220. The third kappa shape index (κ3) is 4.89. The van der Waals surface area contributed by atoms with Crippen LogP contribution < -0.4 is 10.2 Å². The lowest BCUT2D eigenvalue weighted by Crippen LogP contribution is -2.28. The quantitative estimate of drug-likeness (QED) is 0.344. The van der Waals surface area contributed by atoms with E-state index in [2.05, 4.69) is 10.2 Å². The molecule has 0 amide bonds. The molecule has 10 heteroatoms. The number of aromatic carboxylic acids is 1. The summed E-state index contributed by atoms with van der Waals surface area (Å²) in [4.78, 5) is 29.9. The molecule has 0 saturated carbocycles. The number of pyridine rings is 1. The number of H-pyrrole nitrogens is 1. The molecule has 0 fully saturated rings. The number of ether oxygens (including phenoxy) is 2. The number of hydrogen-bond donors (Lipinski definition) is 2. The van der Waals surface area contributed by atoms with Crippen LogP contribution in [-0.4, -0.2) is 71.9 Å². The fourth-order valence-corrected chi connectivity index (χ4v) is 4.12. The van der Waals surface area contributed by atoms with Crippen molar-refractivity contribution in [2.24, 2.45) is 0 Å². The van der Waals surface area contributed by atoms with Crippen molar-refractivity contribution >= 4 is 5.97 Å². The number of hydrogen-bond acceptors (Lipinski definition) is 7. The van der Waals surface area contributed by atoms with Crippen molar-refractivity contribution in [3.63, 3.8) is 0 Å². The van der Waals surface area contributed by atoms with E-state index in [0.717, 1.165) is 28.7 Å². The number of nitrogens with one attached hydrogen (secondary N) is 1. The summed E-state index contributed by atoms with van der Waals surface area (Å²) in [6.07, 6.45) is 5.64. The molecular formula is C24H28N4O6. The normalized spacial score (nSPS) is 14.6. The molecule has 1 aliphatic rings. The Morgan fingerprint density at radius 2 is 2.09 bits per heavy atom. The van der Waals surface area contributed by atoms with Gasteiger partial charge in [0.1, 0.15) is 11.3 Å². The van der Waals surface area contributed by atoms with E-state index in [1.807, 2.05) is 30.8 Å². The Morgan fingerprint density at radius 3 is 2.76 bits per heavy atom. The summed E-state index contributed by atoms with van der Waals surface area (Å²) < 4.78 is 13.1. The van der Waals surface area contributed by atoms with Crippen LogP contribution in [0.4, 0.5) is 0 Å².